The Hall–Kier alpha value is -1.61. The number of piperidine rings is 1. The zero-order valence-corrected chi connectivity index (χ0v) is 18.9. The van der Waals surface area contributed by atoms with Gasteiger partial charge in [0.2, 0.25) is 11.8 Å². The molecule has 1 atom stereocenters. The van der Waals surface area contributed by atoms with Gasteiger partial charge in [-0.2, -0.15) is 0 Å². The lowest BCUT2D eigenvalue weighted by atomic mass is 10.0. The highest BCUT2D eigenvalue weighted by atomic mass is 35.5. The summed E-state index contributed by atoms with van der Waals surface area (Å²) in [5, 5.41) is 3.12. The van der Waals surface area contributed by atoms with Gasteiger partial charge in [-0.1, -0.05) is 6.07 Å². The molecule has 3 saturated heterocycles. The Morgan fingerprint density at radius 2 is 1.90 bits per heavy atom. The summed E-state index contributed by atoms with van der Waals surface area (Å²) in [4.78, 5) is 37.9. The molecule has 3 fully saturated rings. The molecule has 0 radical (unpaired) electrons. The van der Waals surface area contributed by atoms with Gasteiger partial charge in [-0.05, 0) is 25.0 Å². The molecule has 10 heteroatoms. The molecular formula is C20H32Cl2N6O2. The second kappa shape index (κ2) is 11.7. The SMILES string of the molecule is Cl.Cl.O=C(CN1CCN(c2ccccn2)CC1)N1CCCC(N2CCNCC2=O)C1. The zero-order valence-electron chi connectivity index (χ0n) is 17.2. The average molecular weight is 459 g/mol. The fraction of sp³-hybridized carbons (Fsp3) is 0.650. The number of hydrogen-bond donors (Lipinski definition) is 1. The lowest BCUT2D eigenvalue weighted by Gasteiger charge is -2.42. The Balaban J connectivity index is 0.00000160. The number of rotatable bonds is 4. The van der Waals surface area contributed by atoms with Crippen LogP contribution in [0.2, 0.25) is 0 Å². The predicted octanol–water partition coefficient (Wildman–Crippen LogP) is 0.470. The third-order valence-electron chi connectivity index (χ3n) is 6.02. The minimum absolute atomic E-state index is 0. The van der Waals surface area contributed by atoms with Gasteiger partial charge in [0.15, 0.2) is 0 Å². The quantitative estimate of drug-likeness (QED) is 0.706. The highest BCUT2D eigenvalue weighted by Gasteiger charge is 2.32. The molecule has 1 aromatic heterocycles. The number of carbonyl (C=O) groups excluding carboxylic acids is 2. The van der Waals surface area contributed by atoms with E-state index in [0.29, 0.717) is 19.6 Å². The van der Waals surface area contributed by atoms with E-state index in [2.05, 4.69) is 20.1 Å². The van der Waals surface area contributed by atoms with Crippen molar-refractivity contribution < 1.29 is 9.59 Å². The van der Waals surface area contributed by atoms with Crippen LogP contribution in [0.3, 0.4) is 0 Å². The number of piperazine rings is 2. The van der Waals surface area contributed by atoms with Crippen LogP contribution in [0.4, 0.5) is 5.82 Å². The molecule has 0 spiro atoms. The van der Waals surface area contributed by atoms with Crippen molar-refractivity contribution in [2.45, 2.75) is 18.9 Å². The Bertz CT molecular complexity index is 687. The van der Waals surface area contributed by atoms with Crippen LogP contribution in [-0.2, 0) is 9.59 Å². The maximum absolute atomic E-state index is 12.9. The fourth-order valence-corrected chi connectivity index (χ4v) is 4.41. The molecule has 1 unspecified atom stereocenters. The topological polar surface area (TPSA) is 72.0 Å². The summed E-state index contributed by atoms with van der Waals surface area (Å²) in [7, 11) is 0. The molecule has 168 valence electrons. The van der Waals surface area contributed by atoms with E-state index >= 15 is 0 Å². The third-order valence-corrected chi connectivity index (χ3v) is 6.02. The highest BCUT2D eigenvalue weighted by molar-refractivity contribution is 5.85. The first-order valence-electron chi connectivity index (χ1n) is 10.4. The molecule has 0 saturated carbocycles. The first kappa shape index (κ1) is 24.7. The van der Waals surface area contributed by atoms with Gasteiger partial charge >= 0.3 is 0 Å². The molecule has 1 N–H and O–H groups in total. The van der Waals surface area contributed by atoms with Crippen LogP contribution >= 0.6 is 24.8 Å². The van der Waals surface area contributed by atoms with Crippen LogP contribution in [0.1, 0.15) is 12.8 Å². The summed E-state index contributed by atoms with van der Waals surface area (Å²) in [5.41, 5.74) is 0. The first-order chi connectivity index (χ1) is 13.7. The van der Waals surface area contributed by atoms with Crippen molar-refractivity contribution >= 4 is 42.4 Å². The molecule has 1 aromatic rings. The van der Waals surface area contributed by atoms with Crippen molar-refractivity contribution in [1.82, 2.24) is 25.0 Å². The van der Waals surface area contributed by atoms with Crippen molar-refractivity contribution in [2.75, 3.05) is 70.3 Å². The van der Waals surface area contributed by atoms with E-state index in [1.54, 1.807) is 0 Å². The van der Waals surface area contributed by atoms with Gasteiger partial charge in [0, 0.05) is 64.6 Å². The van der Waals surface area contributed by atoms with Crippen molar-refractivity contribution in [1.29, 1.82) is 0 Å². The lowest BCUT2D eigenvalue weighted by Crippen LogP contribution is -2.58. The van der Waals surface area contributed by atoms with E-state index < -0.39 is 0 Å². The molecular weight excluding hydrogens is 427 g/mol. The Morgan fingerprint density at radius 1 is 1.10 bits per heavy atom. The van der Waals surface area contributed by atoms with Gasteiger partial charge in [-0.3, -0.25) is 14.5 Å². The number of aromatic nitrogens is 1. The van der Waals surface area contributed by atoms with E-state index in [9.17, 15) is 9.59 Å². The number of pyridine rings is 1. The van der Waals surface area contributed by atoms with Crippen LogP contribution in [0.5, 0.6) is 0 Å². The second-order valence-electron chi connectivity index (χ2n) is 7.85. The lowest BCUT2D eigenvalue weighted by molar-refractivity contribution is -0.141. The maximum atomic E-state index is 12.9. The molecule has 0 aromatic carbocycles. The van der Waals surface area contributed by atoms with Crippen LogP contribution in [0.25, 0.3) is 0 Å². The summed E-state index contributed by atoms with van der Waals surface area (Å²) in [6, 6.07) is 6.15. The molecule has 0 bridgehead atoms. The number of anilines is 1. The molecule has 4 heterocycles. The van der Waals surface area contributed by atoms with Crippen LogP contribution in [-0.4, -0.2) is 103 Å². The Kier molecular flexibility index (Phi) is 9.61. The number of nitrogens with one attached hydrogen (secondary N) is 1. The van der Waals surface area contributed by atoms with E-state index in [1.165, 1.54) is 0 Å². The average Bonchev–Trinajstić information content (AvgIpc) is 2.75. The number of carbonyl (C=O) groups is 2. The summed E-state index contributed by atoms with van der Waals surface area (Å²) >= 11 is 0. The van der Waals surface area contributed by atoms with Crippen LogP contribution < -0.4 is 10.2 Å². The minimum atomic E-state index is 0. The van der Waals surface area contributed by atoms with Gasteiger partial charge in [0.25, 0.3) is 0 Å². The summed E-state index contributed by atoms with van der Waals surface area (Å²) in [6.45, 7) is 7.50. The molecule has 4 rings (SSSR count). The van der Waals surface area contributed by atoms with Crippen molar-refractivity contribution in [3.8, 4) is 0 Å². The second-order valence-corrected chi connectivity index (χ2v) is 7.85. The van der Waals surface area contributed by atoms with Crippen LogP contribution in [0, 0.1) is 0 Å². The molecule has 0 aliphatic carbocycles. The normalized spacial score (nSPS) is 22.9. The zero-order chi connectivity index (χ0) is 19.3. The molecule has 3 aliphatic heterocycles. The van der Waals surface area contributed by atoms with Crippen molar-refractivity contribution in [2.24, 2.45) is 0 Å². The summed E-state index contributed by atoms with van der Waals surface area (Å²) in [5.74, 6) is 1.36. The third kappa shape index (κ3) is 5.97. The summed E-state index contributed by atoms with van der Waals surface area (Å²) < 4.78 is 0. The Labute approximate surface area is 190 Å². The van der Waals surface area contributed by atoms with Gasteiger partial charge in [-0.25, -0.2) is 4.98 Å². The van der Waals surface area contributed by atoms with E-state index in [4.69, 9.17) is 0 Å². The van der Waals surface area contributed by atoms with Gasteiger partial charge < -0.3 is 20.0 Å². The molecule has 30 heavy (non-hydrogen) atoms. The monoisotopic (exact) mass is 458 g/mol. The van der Waals surface area contributed by atoms with Crippen molar-refractivity contribution in [3.05, 3.63) is 24.4 Å². The highest BCUT2D eigenvalue weighted by Crippen LogP contribution is 2.18. The number of halogens is 2. The smallest absolute Gasteiger partial charge is 0.236 e. The van der Waals surface area contributed by atoms with Gasteiger partial charge in [0.05, 0.1) is 13.1 Å². The predicted molar refractivity (Wildman–Crippen MR) is 122 cm³/mol. The molecule has 3 aliphatic rings. The maximum Gasteiger partial charge on any atom is 0.236 e. The Morgan fingerprint density at radius 3 is 2.60 bits per heavy atom. The summed E-state index contributed by atoms with van der Waals surface area (Å²) in [6.07, 6.45) is 3.79. The molecule has 8 nitrogen and oxygen atoms in total. The number of hydrogen-bond acceptors (Lipinski definition) is 6. The largest absolute Gasteiger partial charge is 0.354 e. The fourth-order valence-electron chi connectivity index (χ4n) is 4.41. The van der Waals surface area contributed by atoms with E-state index in [0.717, 1.165) is 64.5 Å². The number of likely N-dealkylation sites (tertiary alicyclic amines) is 1. The van der Waals surface area contributed by atoms with Crippen molar-refractivity contribution in [3.63, 3.8) is 0 Å². The number of nitrogens with zero attached hydrogens (tertiary/aromatic N) is 5. The number of amides is 2. The first-order valence-corrected chi connectivity index (χ1v) is 10.4. The van der Waals surface area contributed by atoms with E-state index in [1.807, 2.05) is 34.2 Å². The van der Waals surface area contributed by atoms with Crippen LogP contribution in [0.15, 0.2) is 24.4 Å². The standard InChI is InChI=1S/C20H30N6O2.2ClH/c27-19-14-21-7-9-26(19)17-4-3-8-25(15-17)20(28)16-23-10-12-24(13-11-23)18-5-1-2-6-22-18;;/h1-2,5-6,17,21H,3-4,7-16H2;2*1H. The minimum Gasteiger partial charge on any atom is -0.354 e. The van der Waals surface area contributed by atoms with Gasteiger partial charge in [-0.15, -0.1) is 24.8 Å². The molecule has 2 amide bonds. The van der Waals surface area contributed by atoms with E-state index in [-0.39, 0.29) is 42.7 Å². The van der Waals surface area contributed by atoms with Gasteiger partial charge in [0.1, 0.15) is 5.82 Å².